The number of rotatable bonds is 9. The number of hydrogen-bond acceptors (Lipinski definition) is 3. The van der Waals surface area contributed by atoms with E-state index in [1.54, 1.807) is 42.5 Å². The predicted molar refractivity (Wildman–Crippen MR) is 112 cm³/mol. The maximum Gasteiger partial charge on any atom is 0.269 e. The van der Waals surface area contributed by atoms with Crippen LogP contribution >= 0.6 is 11.6 Å². The number of unbranched alkanes of at least 4 members (excludes halogenated alkanes) is 3. The average Bonchev–Trinajstić information content (AvgIpc) is 2.71. The van der Waals surface area contributed by atoms with Gasteiger partial charge >= 0.3 is 0 Å². The Morgan fingerprint density at radius 3 is 2.46 bits per heavy atom. The Morgan fingerprint density at radius 1 is 1.00 bits per heavy atom. The van der Waals surface area contributed by atoms with Crippen LogP contribution in [-0.4, -0.2) is 18.4 Å². The molecule has 148 valence electrons. The van der Waals surface area contributed by atoms with E-state index in [0.29, 0.717) is 17.2 Å². The fraction of sp³-hybridized carbons (Fsp3) is 0.273. The molecule has 0 atom stereocenters. The zero-order chi connectivity index (χ0) is 20.2. The van der Waals surface area contributed by atoms with E-state index in [1.165, 1.54) is 18.9 Å². The van der Waals surface area contributed by atoms with E-state index in [9.17, 15) is 9.59 Å². The fourth-order valence-electron chi connectivity index (χ4n) is 2.43. The summed E-state index contributed by atoms with van der Waals surface area (Å²) >= 11 is 6.02. The number of nitrogens with one attached hydrogen (secondary N) is 2. The lowest BCUT2D eigenvalue weighted by atomic mass is 10.2. The maximum atomic E-state index is 12.1. The standard InChI is InChI=1S/C22H25ClN2O3/c1-2-3-4-7-16-28-19-13-10-18(11-14-19)22(27)25-24-21(26)15-12-17-8-5-6-9-20(17)23/h5-6,8-15H,2-4,7,16H2,1H3,(H,24,26)(H,25,27)/b15-12+. The number of hydrazine groups is 1. The van der Waals surface area contributed by atoms with Crippen molar-refractivity contribution in [3.63, 3.8) is 0 Å². The van der Waals surface area contributed by atoms with Crippen LogP contribution in [0.25, 0.3) is 6.08 Å². The molecule has 5 nitrogen and oxygen atoms in total. The third-order valence-corrected chi connectivity index (χ3v) is 4.35. The van der Waals surface area contributed by atoms with Gasteiger partial charge in [-0.25, -0.2) is 0 Å². The zero-order valence-electron chi connectivity index (χ0n) is 15.9. The summed E-state index contributed by atoms with van der Waals surface area (Å²) in [6.45, 7) is 2.83. The second kappa shape index (κ2) is 11.8. The Kier molecular flexibility index (Phi) is 9.08. The van der Waals surface area contributed by atoms with Crippen molar-refractivity contribution in [3.05, 3.63) is 70.8 Å². The minimum absolute atomic E-state index is 0.408. The summed E-state index contributed by atoms with van der Waals surface area (Å²) < 4.78 is 5.65. The molecule has 2 rings (SSSR count). The van der Waals surface area contributed by atoms with Crippen LogP contribution in [0.5, 0.6) is 5.75 Å². The third kappa shape index (κ3) is 7.45. The van der Waals surface area contributed by atoms with Crippen LogP contribution < -0.4 is 15.6 Å². The van der Waals surface area contributed by atoms with Crippen LogP contribution in [0, 0.1) is 0 Å². The topological polar surface area (TPSA) is 67.4 Å². The first-order valence-corrected chi connectivity index (χ1v) is 9.73. The number of carbonyl (C=O) groups is 2. The molecule has 0 radical (unpaired) electrons. The van der Waals surface area contributed by atoms with E-state index >= 15 is 0 Å². The lowest BCUT2D eigenvalue weighted by molar-refractivity contribution is -0.117. The summed E-state index contributed by atoms with van der Waals surface area (Å²) in [6.07, 6.45) is 7.46. The van der Waals surface area contributed by atoms with Gasteiger partial charge in [-0.2, -0.15) is 0 Å². The van der Waals surface area contributed by atoms with Gasteiger partial charge in [-0.15, -0.1) is 0 Å². The lowest BCUT2D eigenvalue weighted by Gasteiger charge is -2.08. The first-order valence-electron chi connectivity index (χ1n) is 9.36. The van der Waals surface area contributed by atoms with Crippen molar-refractivity contribution in [1.29, 1.82) is 0 Å². The summed E-state index contributed by atoms with van der Waals surface area (Å²) in [5, 5.41) is 0.545. The van der Waals surface area contributed by atoms with Crippen LogP contribution in [0.3, 0.4) is 0 Å². The highest BCUT2D eigenvalue weighted by Gasteiger charge is 2.06. The van der Waals surface area contributed by atoms with E-state index in [2.05, 4.69) is 17.8 Å². The van der Waals surface area contributed by atoms with Gasteiger partial charge in [-0.1, -0.05) is 56.0 Å². The van der Waals surface area contributed by atoms with Crippen molar-refractivity contribution in [2.75, 3.05) is 6.61 Å². The molecular formula is C22H25ClN2O3. The summed E-state index contributed by atoms with van der Waals surface area (Å²) in [5.41, 5.74) is 5.85. The number of carbonyl (C=O) groups excluding carboxylic acids is 2. The highest BCUT2D eigenvalue weighted by Crippen LogP contribution is 2.16. The van der Waals surface area contributed by atoms with Gasteiger partial charge < -0.3 is 4.74 Å². The van der Waals surface area contributed by atoms with Crippen LogP contribution in [0.1, 0.15) is 48.5 Å². The van der Waals surface area contributed by atoms with Crippen molar-refractivity contribution in [2.24, 2.45) is 0 Å². The van der Waals surface area contributed by atoms with Crippen LogP contribution in [0.2, 0.25) is 5.02 Å². The SMILES string of the molecule is CCCCCCOc1ccc(C(=O)NNC(=O)/C=C/c2ccccc2Cl)cc1. The Hall–Kier alpha value is -2.79. The van der Waals surface area contributed by atoms with Gasteiger partial charge in [0, 0.05) is 16.7 Å². The molecule has 0 fully saturated rings. The first kappa shape index (κ1) is 21.5. The molecule has 2 aromatic carbocycles. The Morgan fingerprint density at radius 2 is 1.75 bits per heavy atom. The normalized spacial score (nSPS) is 10.6. The second-order valence-electron chi connectivity index (χ2n) is 6.23. The van der Waals surface area contributed by atoms with Crippen molar-refractivity contribution in [3.8, 4) is 5.75 Å². The third-order valence-electron chi connectivity index (χ3n) is 4.00. The first-order chi connectivity index (χ1) is 13.6. The van der Waals surface area contributed by atoms with Gasteiger partial charge in [0.05, 0.1) is 6.61 Å². The quantitative estimate of drug-likeness (QED) is 0.362. The molecule has 0 unspecified atom stereocenters. The number of benzene rings is 2. The minimum atomic E-state index is -0.458. The zero-order valence-corrected chi connectivity index (χ0v) is 16.7. The maximum absolute atomic E-state index is 12.1. The van der Waals surface area contributed by atoms with E-state index in [1.807, 2.05) is 12.1 Å². The summed E-state index contributed by atoms with van der Waals surface area (Å²) in [4.78, 5) is 23.9. The molecule has 0 saturated carbocycles. The molecular weight excluding hydrogens is 376 g/mol. The molecule has 2 aromatic rings. The fourth-order valence-corrected chi connectivity index (χ4v) is 2.63. The van der Waals surface area contributed by atoms with Crippen molar-refractivity contribution in [1.82, 2.24) is 10.9 Å². The van der Waals surface area contributed by atoms with Gasteiger partial charge in [0.15, 0.2) is 0 Å². The van der Waals surface area contributed by atoms with E-state index < -0.39 is 11.8 Å². The molecule has 0 heterocycles. The van der Waals surface area contributed by atoms with Gasteiger partial charge in [0.2, 0.25) is 0 Å². The predicted octanol–water partition coefficient (Wildman–Crippen LogP) is 4.77. The Bertz CT molecular complexity index is 804. The van der Waals surface area contributed by atoms with Crippen molar-refractivity contribution >= 4 is 29.5 Å². The largest absolute Gasteiger partial charge is 0.494 e. The van der Waals surface area contributed by atoms with Crippen molar-refractivity contribution < 1.29 is 14.3 Å². The molecule has 2 amide bonds. The van der Waals surface area contributed by atoms with Crippen molar-refractivity contribution in [2.45, 2.75) is 32.6 Å². The van der Waals surface area contributed by atoms with Crippen LogP contribution in [-0.2, 0) is 4.79 Å². The molecule has 6 heteroatoms. The molecule has 28 heavy (non-hydrogen) atoms. The van der Waals surface area contributed by atoms with Crippen LogP contribution in [0.4, 0.5) is 0 Å². The van der Waals surface area contributed by atoms with Gasteiger partial charge in [-0.3, -0.25) is 20.4 Å². The van der Waals surface area contributed by atoms with Gasteiger partial charge in [0.25, 0.3) is 11.8 Å². The molecule has 0 saturated heterocycles. The highest BCUT2D eigenvalue weighted by molar-refractivity contribution is 6.32. The number of ether oxygens (including phenoxy) is 1. The monoisotopic (exact) mass is 400 g/mol. The number of hydrogen-bond donors (Lipinski definition) is 2. The lowest BCUT2D eigenvalue weighted by Crippen LogP contribution is -2.40. The smallest absolute Gasteiger partial charge is 0.269 e. The average molecular weight is 401 g/mol. The Labute approximate surface area is 170 Å². The molecule has 0 aromatic heterocycles. The summed E-state index contributed by atoms with van der Waals surface area (Å²) in [7, 11) is 0. The molecule has 0 aliphatic carbocycles. The molecule has 0 aliphatic heterocycles. The molecule has 0 spiro atoms. The van der Waals surface area contributed by atoms with Gasteiger partial charge in [-0.05, 0) is 48.4 Å². The molecule has 2 N–H and O–H groups in total. The van der Waals surface area contributed by atoms with E-state index in [4.69, 9.17) is 16.3 Å². The van der Waals surface area contributed by atoms with E-state index in [0.717, 1.165) is 24.2 Å². The number of amides is 2. The Balaban J connectivity index is 1.76. The number of halogens is 1. The minimum Gasteiger partial charge on any atom is -0.494 e. The summed E-state index contributed by atoms with van der Waals surface area (Å²) in [6, 6.07) is 14.0. The molecule has 0 aliphatic rings. The van der Waals surface area contributed by atoms with E-state index in [-0.39, 0.29) is 0 Å². The highest BCUT2D eigenvalue weighted by atomic mass is 35.5. The summed E-state index contributed by atoms with van der Waals surface area (Å²) in [5.74, 6) is -0.144. The van der Waals surface area contributed by atoms with Gasteiger partial charge in [0.1, 0.15) is 5.75 Å². The second-order valence-corrected chi connectivity index (χ2v) is 6.64. The molecule has 0 bridgehead atoms. The van der Waals surface area contributed by atoms with Crippen LogP contribution in [0.15, 0.2) is 54.6 Å².